The Morgan fingerprint density at radius 2 is 1.78 bits per heavy atom. The number of pyridine rings is 1. The van der Waals surface area contributed by atoms with Gasteiger partial charge in [0, 0.05) is 30.8 Å². The summed E-state index contributed by atoms with van der Waals surface area (Å²) in [6, 6.07) is 23.5. The van der Waals surface area contributed by atoms with E-state index in [0.29, 0.717) is 67.3 Å². The van der Waals surface area contributed by atoms with Crippen LogP contribution >= 0.6 is 11.3 Å². The summed E-state index contributed by atoms with van der Waals surface area (Å²) in [6.45, 7) is 13.7. The van der Waals surface area contributed by atoms with Gasteiger partial charge in [0.1, 0.15) is 17.2 Å². The maximum atomic E-state index is 13.9. The van der Waals surface area contributed by atoms with E-state index in [1.54, 1.807) is 0 Å². The van der Waals surface area contributed by atoms with Gasteiger partial charge in [-0.2, -0.15) is 0 Å². The van der Waals surface area contributed by atoms with Gasteiger partial charge in [0.25, 0.3) is 5.91 Å². The smallest absolute Gasteiger partial charge is 0.358 e. The maximum absolute atomic E-state index is 13.9. The van der Waals surface area contributed by atoms with Crippen LogP contribution in [-0.2, 0) is 27.2 Å². The van der Waals surface area contributed by atoms with Gasteiger partial charge >= 0.3 is 11.9 Å². The Hall–Kier alpha value is -5.33. The Kier molecular flexibility index (Phi) is 12.7. The minimum absolute atomic E-state index is 0.156. The minimum atomic E-state index is -0.726. The fourth-order valence-electron chi connectivity index (χ4n) is 7.94. The molecule has 0 unspecified atom stereocenters. The van der Waals surface area contributed by atoms with E-state index >= 15 is 0 Å². The van der Waals surface area contributed by atoms with E-state index in [9.17, 15) is 14.4 Å². The lowest BCUT2D eigenvalue weighted by molar-refractivity contribution is -0.144. The van der Waals surface area contributed by atoms with Gasteiger partial charge in [0.05, 0.1) is 30.0 Å². The number of carbonyl (C=O) groups excluding carboxylic acids is 3. The molecular formula is C46H53N5O6S. The fourth-order valence-corrected chi connectivity index (χ4v) is 8.80. The number of esters is 2. The second kappa shape index (κ2) is 18.1. The Bertz CT molecular complexity index is 2250. The number of carbonyl (C=O) groups is 3. The molecule has 0 radical (unpaired) electrons. The molecule has 5 aromatic rings. The molecule has 11 nitrogen and oxygen atoms in total. The molecule has 58 heavy (non-hydrogen) atoms. The van der Waals surface area contributed by atoms with Crippen molar-refractivity contribution in [2.24, 2.45) is 5.92 Å². The van der Waals surface area contributed by atoms with Crippen molar-refractivity contribution in [3.05, 3.63) is 101 Å². The van der Waals surface area contributed by atoms with E-state index < -0.39 is 11.6 Å². The number of benzene rings is 3. The highest BCUT2D eigenvalue weighted by molar-refractivity contribution is 7.22. The monoisotopic (exact) mass is 803 g/mol. The first kappa shape index (κ1) is 40.9. The molecular weight excluding hydrogens is 751 g/mol. The number of likely N-dealkylation sites (tertiary alicyclic amines) is 1. The molecule has 2 aliphatic heterocycles. The molecule has 1 N–H and O–H groups in total. The number of nitrogens with one attached hydrogen (secondary N) is 1. The first-order valence-corrected chi connectivity index (χ1v) is 21.1. The summed E-state index contributed by atoms with van der Waals surface area (Å²) in [7, 11) is 0. The number of ether oxygens (including phenoxy) is 3. The Labute approximate surface area is 344 Å². The van der Waals surface area contributed by atoms with Gasteiger partial charge in [0.2, 0.25) is 0 Å². The van der Waals surface area contributed by atoms with Crippen LogP contribution in [-0.4, -0.2) is 77.7 Å². The van der Waals surface area contributed by atoms with Crippen LogP contribution in [0.5, 0.6) is 5.75 Å². The predicted octanol–water partition coefficient (Wildman–Crippen LogP) is 8.87. The summed E-state index contributed by atoms with van der Waals surface area (Å²) >= 11 is 1.45. The zero-order chi connectivity index (χ0) is 40.8. The number of aromatic nitrogens is 2. The molecule has 304 valence electrons. The number of para-hydroxylation sites is 1. The van der Waals surface area contributed by atoms with E-state index in [1.165, 1.54) is 11.3 Å². The van der Waals surface area contributed by atoms with Crippen LogP contribution in [0, 0.1) is 12.8 Å². The second-order valence-electron chi connectivity index (χ2n) is 16.1. The molecule has 4 heterocycles. The van der Waals surface area contributed by atoms with E-state index in [2.05, 4.69) is 26.2 Å². The molecule has 1 fully saturated rings. The first-order chi connectivity index (χ1) is 28.0. The van der Waals surface area contributed by atoms with Crippen LogP contribution in [0.1, 0.15) is 90.9 Å². The van der Waals surface area contributed by atoms with Crippen molar-refractivity contribution in [1.82, 2.24) is 14.9 Å². The maximum Gasteiger partial charge on any atom is 0.358 e. The molecule has 12 heteroatoms. The van der Waals surface area contributed by atoms with Crippen LogP contribution in [0.4, 0.5) is 10.9 Å². The summed E-state index contributed by atoms with van der Waals surface area (Å²) in [4.78, 5) is 53.5. The van der Waals surface area contributed by atoms with Crippen LogP contribution in [0.15, 0.2) is 72.8 Å². The molecule has 1 amide bonds. The third kappa shape index (κ3) is 9.85. The predicted molar refractivity (Wildman–Crippen MR) is 229 cm³/mol. The number of hydrogen-bond donors (Lipinski definition) is 1. The molecule has 0 aliphatic carbocycles. The number of anilines is 2. The molecule has 2 aromatic heterocycles. The number of fused-ring (bicyclic) bond motifs is 2. The van der Waals surface area contributed by atoms with Gasteiger partial charge in [-0.05, 0) is 138 Å². The summed E-state index contributed by atoms with van der Waals surface area (Å²) in [5, 5.41) is 3.58. The number of thiazole rings is 1. The molecule has 2 aliphatic rings. The second-order valence-corrected chi connectivity index (χ2v) is 17.1. The zero-order valence-corrected chi connectivity index (χ0v) is 35.0. The Morgan fingerprint density at radius 3 is 2.59 bits per heavy atom. The highest BCUT2D eigenvalue weighted by Crippen LogP contribution is 2.36. The van der Waals surface area contributed by atoms with Crippen LogP contribution in [0.25, 0.3) is 21.3 Å². The van der Waals surface area contributed by atoms with Crippen molar-refractivity contribution in [3.8, 4) is 16.9 Å². The van der Waals surface area contributed by atoms with Crippen molar-refractivity contribution in [2.75, 3.05) is 49.6 Å². The average molecular weight is 804 g/mol. The molecule has 3 aromatic carbocycles. The topological polar surface area (TPSA) is 123 Å². The molecule has 1 saturated heterocycles. The summed E-state index contributed by atoms with van der Waals surface area (Å²) in [6.07, 6.45) is 4.85. The van der Waals surface area contributed by atoms with Crippen molar-refractivity contribution >= 4 is 50.3 Å². The third-order valence-electron chi connectivity index (χ3n) is 10.7. The number of amides is 1. The summed E-state index contributed by atoms with van der Waals surface area (Å²) in [5.41, 5.74) is 5.40. The molecule has 7 rings (SSSR count). The zero-order valence-electron chi connectivity index (χ0n) is 34.1. The third-order valence-corrected chi connectivity index (χ3v) is 11.6. The molecule has 1 atom stereocenters. The van der Waals surface area contributed by atoms with Gasteiger partial charge in [-0.1, -0.05) is 47.7 Å². The Balaban J connectivity index is 1.07. The summed E-state index contributed by atoms with van der Waals surface area (Å²) < 4.78 is 18.4. The van der Waals surface area contributed by atoms with Crippen LogP contribution in [0.2, 0.25) is 0 Å². The number of hydrogen-bond acceptors (Lipinski definition) is 11. The van der Waals surface area contributed by atoms with Crippen molar-refractivity contribution in [2.45, 2.75) is 78.9 Å². The van der Waals surface area contributed by atoms with E-state index in [4.69, 9.17) is 19.2 Å². The SMILES string of the molecule is CCOC(=O)CN1CCC[C@H](CCCOc2cccc(-c3ccc(N4CCc5cccc(C(=O)Nc6nc7ccccc7s6)c5C4)nc3C(=O)OC(C)(C)C)c2C)C1. The molecule has 0 bridgehead atoms. The van der Waals surface area contributed by atoms with Gasteiger partial charge in [-0.15, -0.1) is 0 Å². The normalized spacial score (nSPS) is 15.8. The Morgan fingerprint density at radius 1 is 0.948 bits per heavy atom. The number of rotatable bonds is 13. The van der Waals surface area contributed by atoms with Crippen molar-refractivity contribution in [3.63, 3.8) is 0 Å². The van der Waals surface area contributed by atoms with Gasteiger partial charge < -0.3 is 19.1 Å². The van der Waals surface area contributed by atoms with E-state index in [-0.39, 0.29) is 17.6 Å². The summed E-state index contributed by atoms with van der Waals surface area (Å²) in [5.74, 6) is 1.03. The van der Waals surface area contributed by atoms with Gasteiger partial charge in [-0.3, -0.25) is 19.8 Å². The van der Waals surface area contributed by atoms with Gasteiger partial charge in [-0.25, -0.2) is 14.8 Å². The van der Waals surface area contributed by atoms with Crippen molar-refractivity contribution in [1.29, 1.82) is 0 Å². The molecule has 0 saturated carbocycles. The average Bonchev–Trinajstić information content (AvgIpc) is 3.61. The lowest BCUT2D eigenvalue weighted by Crippen LogP contribution is -2.39. The standard InChI is InChI=1S/C46H53N5O6S/c1-6-55-41(52)29-50-24-11-13-31(27-50)14-12-26-56-38-19-10-16-33(30(38)2)34-21-22-40(48-42(34)44(54)57-46(3,4)5)51-25-23-32-15-9-17-35(36(32)28-51)43(53)49-45-47-37-18-7-8-20-39(37)58-45/h7-10,15-22,31H,6,11-14,23-29H2,1-5H3,(H,47,49,53)/t31-/m1/s1. The van der Waals surface area contributed by atoms with E-state index in [1.807, 2.05) is 101 Å². The minimum Gasteiger partial charge on any atom is -0.493 e. The number of piperidine rings is 1. The molecule has 0 spiro atoms. The fraction of sp³-hybridized carbons (Fsp3) is 0.413. The first-order valence-electron chi connectivity index (χ1n) is 20.3. The number of nitrogens with zero attached hydrogens (tertiary/aromatic N) is 4. The highest BCUT2D eigenvalue weighted by Gasteiger charge is 2.28. The van der Waals surface area contributed by atoms with Crippen LogP contribution < -0.4 is 15.0 Å². The van der Waals surface area contributed by atoms with Gasteiger partial charge in [0.15, 0.2) is 10.8 Å². The lowest BCUT2D eigenvalue weighted by Gasteiger charge is -2.32. The van der Waals surface area contributed by atoms with Crippen molar-refractivity contribution < 1.29 is 28.6 Å². The highest BCUT2D eigenvalue weighted by atomic mass is 32.1. The largest absolute Gasteiger partial charge is 0.493 e. The lowest BCUT2D eigenvalue weighted by atomic mass is 9.93. The van der Waals surface area contributed by atoms with Crippen LogP contribution in [0.3, 0.4) is 0 Å². The quantitative estimate of drug-likeness (QED) is 0.0913. The van der Waals surface area contributed by atoms with E-state index in [0.717, 1.165) is 77.0 Å².